The van der Waals surface area contributed by atoms with Gasteiger partial charge in [-0.25, -0.2) is 0 Å². The molecule has 0 saturated heterocycles. The van der Waals surface area contributed by atoms with Gasteiger partial charge in [0.05, 0.1) is 20.6 Å². The molecular formula is C34H33ClN2O6. The lowest BCUT2D eigenvalue weighted by molar-refractivity contribution is -0.137. The van der Waals surface area contributed by atoms with Crippen molar-refractivity contribution in [2.24, 2.45) is 0 Å². The Labute approximate surface area is 255 Å². The van der Waals surface area contributed by atoms with Gasteiger partial charge in [0.2, 0.25) is 0 Å². The minimum Gasteiger partial charge on any atom is -0.493 e. The van der Waals surface area contributed by atoms with Crippen molar-refractivity contribution in [3.8, 4) is 22.6 Å². The van der Waals surface area contributed by atoms with Gasteiger partial charge in [0.1, 0.15) is 0 Å². The molecule has 9 heteroatoms. The molecule has 8 nitrogen and oxygen atoms in total. The first-order valence-electron chi connectivity index (χ1n) is 13.7. The van der Waals surface area contributed by atoms with Gasteiger partial charge < -0.3 is 24.8 Å². The minimum atomic E-state index is -1.00. The smallest absolute Gasteiger partial charge is 0.305 e. The van der Waals surface area contributed by atoms with Crippen LogP contribution in [-0.4, -0.2) is 55.1 Å². The second kappa shape index (κ2) is 14.9. The molecule has 0 spiro atoms. The number of aliphatic carboxylic acids is 1. The van der Waals surface area contributed by atoms with E-state index in [-0.39, 0.29) is 37.9 Å². The van der Waals surface area contributed by atoms with Crippen LogP contribution in [0.2, 0.25) is 5.02 Å². The molecule has 0 aliphatic heterocycles. The van der Waals surface area contributed by atoms with E-state index >= 15 is 0 Å². The summed E-state index contributed by atoms with van der Waals surface area (Å²) in [6.45, 7) is 0.540. The molecule has 2 amide bonds. The zero-order valence-electron chi connectivity index (χ0n) is 24.0. The predicted octanol–water partition coefficient (Wildman–Crippen LogP) is 6.11. The molecule has 2 N–H and O–H groups in total. The van der Waals surface area contributed by atoms with Gasteiger partial charge in [0.25, 0.3) is 11.8 Å². The molecule has 222 valence electrons. The highest BCUT2D eigenvalue weighted by molar-refractivity contribution is 6.31. The first-order chi connectivity index (χ1) is 20.8. The summed E-state index contributed by atoms with van der Waals surface area (Å²) >= 11 is 6.26. The first kappa shape index (κ1) is 31.1. The Morgan fingerprint density at radius 1 is 0.791 bits per heavy atom. The molecule has 0 heterocycles. The monoisotopic (exact) mass is 600 g/mol. The lowest BCUT2D eigenvalue weighted by Gasteiger charge is -2.24. The summed E-state index contributed by atoms with van der Waals surface area (Å²) in [4.78, 5) is 40.3. The van der Waals surface area contributed by atoms with Crippen molar-refractivity contribution in [2.45, 2.75) is 19.4 Å². The fourth-order valence-corrected chi connectivity index (χ4v) is 4.95. The van der Waals surface area contributed by atoms with Crippen LogP contribution in [0.4, 0.5) is 0 Å². The van der Waals surface area contributed by atoms with Crippen LogP contribution in [0.3, 0.4) is 0 Å². The topological polar surface area (TPSA) is 105 Å². The van der Waals surface area contributed by atoms with Crippen molar-refractivity contribution in [2.75, 3.05) is 27.3 Å². The summed E-state index contributed by atoms with van der Waals surface area (Å²) in [5.41, 5.74) is 3.61. The Balaban J connectivity index is 1.61. The van der Waals surface area contributed by atoms with Crippen LogP contribution in [-0.2, 0) is 17.8 Å². The van der Waals surface area contributed by atoms with Crippen molar-refractivity contribution < 1.29 is 29.0 Å². The SMILES string of the molecule is COc1ccc(CCN(CCC(=O)O)C(=O)c2ccccc2-c2ccccc2C(=O)NCc2ccccc2Cl)cc1OC. The molecule has 0 unspecified atom stereocenters. The summed E-state index contributed by atoms with van der Waals surface area (Å²) in [5.74, 6) is -0.484. The van der Waals surface area contributed by atoms with Gasteiger partial charge >= 0.3 is 5.97 Å². The van der Waals surface area contributed by atoms with Gasteiger partial charge in [-0.3, -0.25) is 14.4 Å². The van der Waals surface area contributed by atoms with Crippen LogP contribution in [0.5, 0.6) is 11.5 Å². The Hall–Kier alpha value is -4.82. The summed E-state index contributed by atoms with van der Waals surface area (Å²) in [7, 11) is 3.11. The van der Waals surface area contributed by atoms with E-state index in [2.05, 4.69) is 5.32 Å². The Morgan fingerprint density at radius 3 is 2.09 bits per heavy atom. The fraction of sp³-hybridized carbons (Fsp3) is 0.206. The third kappa shape index (κ3) is 7.93. The van der Waals surface area contributed by atoms with Crippen LogP contribution < -0.4 is 14.8 Å². The molecule has 0 radical (unpaired) electrons. The highest BCUT2D eigenvalue weighted by Crippen LogP contribution is 2.30. The van der Waals surface area contributed by atoms with E-state index in [1.54, 1.807) is 74.9 Å². The maximum Gasteiger partial charge on any atom is 0.305 e. The number of carboxylic acid groups (broad SMARTS) is 1. The van der Waals surface area contributed by atoms with Gasteiger partial charge in [-0.15, -0.1) is 0 Å². The quantitative estimate of drug-likeness (QED) is 0.192. The van der Waals surface area contributed by atoms with Crippen LogP contribution in [0.1, 0.15) is 38.3 Å². The summed E-state index contributed by atoms with van der Waals surface area (Å²) in [6, 6.07) is 26.9. The van der Waals surface area contributed by atoms with Gasteiger partial charge in [-0.1, -0.05) is 72.3 Å². The number of carboxylic acids is 1. The molecule has 0 aromatic heterocycles. The lowest BCUT2D eigenvalue weighted by atomic mass is 9.94. The number of carbonyl (C=O) groups excluding carboxylic acids is 2. The summed E-state index contributed by atoms with van der Waals surface area (Å²) in [6.07, 6.45) is 0.260. The summed E-state index contributed by atoms with van der Waals surface area (Å²) < 4.78 is 10.7. The van der Waals surface area contributed by atoms with Crippen molar-refractivity contribution >= 4 is 29.4 Å². The number of ether oxygens (including phenoxy) is 2. The molecular weight excluding hydrogens is 568 g/mol. The third-order valence-corrected chi connectivity index (χ3v) is 7.39. The van der Waals surface area contributed by atoms with E-state index in [0.29, 0.717) is 45.2 Å². The van der Waals surface area contributed by atoms with Crippen molar-refractivity contribution in [1.29, 1.82) is 0 Å². The molecule has 4 rings (SSSR count). The van der Waals surface area contributed by atoms with Gasteiger partial charge in [-0.05, 0) is 59.0 Å². The Bertz CT molecular complexity index is 1610. The molecule has 4 aromatic rings. The number of hydrogen-bond acceptors (Lipinski definition) is 5. The van der Waals surface area contributed by atoms with E-state index < -0.39 is 5.97 Å². The Morgan fingerprint density at radius 2 is 1.42 bits per heavy atom. The lowest BCUT2D eigenvalue weighted by Crippen LogP contribution is -2.35. The molecule has 4 aromatic carbocycles. The number of nitrogens with one attached hydrogen (secondary N) is 1. The zero-order chi connectivity index (χ0) is 30.8. The van der Waals surface area contributed by atoms with Crippen molar-refractivity contribution in [1.82, 2.24) is 10.2 Å². The zero-order valence-corrected chi connectivity index (χ0v) is 24.8. The van der Waals surface area contributed by atoms with Crippen molar-refractivity contribution in [3.63, 3.8) is 0 Å². The average molecular weight is 601 g/mol. The second-order valence-electron chi connectivity index (χ2n) is 9.74. The number of nitrogens with zero attached hydrogens (tertiary/aromatic N) is 1. The van der Waals surface area contributed by atoms with Crippen molar-refractivity contribution in [3.05, 3.63) is 118 Å². The van der Waals surface area contributed by atoms with Gasteiger partial charge in [0, 0.05) is 35.8 Å². The van der Waals surface area contributed by atoms with E-state index in [9.17, 15) is 19.5 Å². The molecule has 0 atom stereocenters. The van der Waals surface area contributed by atoms with E-state index in [1.807, 2.05) is 30.3 Å². The Kier molecular flexibility index (Phi) is 10.8. The molecule has 43 heavy (non-hydrogen) atoms. The van der Waals surface area contributed by atoms with Crippen LogP contribution >= 0.6 is 11.6 Å². The fourth-order valence-electron chi connectivity index (χ4n) is 4.75. The highest BCUT2D eigenvalue weighted by Gasteiger charge is 2.23. The second-order valence-corrected chi connectivity index (χ2v) is 10.1. The maximum atomic E-state index is 14.0. The van der Waals surface area contributed by atoms with Crippen LogP contribution in [0.25, 0.3) is 11.1 Å². The number of methoxy groups -OCH3 is 2. The third-order valence-electron chi connectivity index (χ3n) is 7.02. The van der Waals surface area contributed by atoms with E-state index in [4.69, 9.17) is 21.1 Å². The van der Waals surface area contributed by atoms with E-state index in [0.717, 1.165) is 11.1 Å². The predicted molar refractivity (Wildman–Crippen MR) is 166 cm³/mol. The number of halogens is 1. The van der Waals surface area contributed by atoms with E-state index in [1.165, 1.54) is 4.90 Å². The minimum absolute atomic E-state index is 0.0236. The average Bonchev–Trinajstić information content (AvgIpc) is 3.03. The molecule has 0 aliphatic rings. The number of carbonyl (C=O) groups is 3. The van der Waals surface area contributed by atoms with Crippen LogP contribution in [0, 0.1) is 0 Å². The highest BCUT2D eigenvalue weighted by atomic mass is 35.5. The first-order valence-corrected chi connectivity index (χ1v) is 14.1. The summed E-state index contributed by atoms with van der Waals surface area (Å²) in [5, 5.41) is 12.9. The molecule has 0 aliphatic carbocycles. The van der Waals surface area contributed by atoms with Gasteiger partial charge in [-0.2, -0.15) is 0 Å². The number of benzene rings is 4. The standard InChI is InChI=1S/C34H33ClN2O6/c1-42-30-16-15-23(21-31(30)43-2)17-19-37(20-18-32(38)39)34(41)28-13-7-5-11-26(28)25-10-4-6-12-27(25)33(40)36-22-24-9-3-8-14-29(24)35/h3-16,21H,17-20,22H2,1-2H3,(H,36,40)(H,38,39). The largest absolute Gasteiger partial charge is 0.493 e. The number of amides is 2. The number of hydrogen-bond donors (Lipinski definition) is 2. The van der Waals surface area contributed by atoms with Crippen LogP contribution in [0.15, 0.2) is 91.0 Å². The molecule has 0 bridgehead atoms. The van der Waals surface area contributed by atoms with Gasteiger partial charge in [0.15, 0.2) is 11.5 Å². The number of rotatable bonds is 13. The normalized spacial score (nSPS) is 10.6. The maximum absolute atomic E-state index is 14.0. The molecule has 0 saturated carbocycles. The molecule has 0 fully saturated rings.